The molecule has 2 fully saturated rings. The molecule has 1 heterocycles. The molecule has 0 spiro atoms. The summed E-state index contributed by atoms with van der Waals surface area (Å²) >= 11 is 3.56. The molecule has 0 unspecified atom stereocenters. The minimum Gasteiger partial charge on any atom is -0.504 e. The number of methoxy groups -OCH3 is 1. The SMILES string of the molecule is COc1cc(Br)cc([C@H]2C3=CC[C@@H]4C(=O)N(c5ccc([N+](=O)[O-])cc5)C(=O)[C@@H]4[C@@H]3C[C@H]3C(=O)C(c4ccccc4)=CC(=O)[C@@]23c2ccccc2)c1O. The van der Waals surface area contributed by atoms with Gasteiger partial charge in [-0.2, -0.15) is 0 Å². The fourth-order valence-corrected chi connectivity index (χ4v) is 9.62. The molecule has 11 heteroatoms. The summed E-state index contributed by atoms with van der Waals surface area (Å²) < 4.78 is 6.14. The van der Waals surface area contributed by atoms with Crippen molar-refractivity contribution in [3.05, 3.63) is 146 Å². The van der Waals surface area contributed by atoms with E-state index in [-0.39, 0.29) is 52.9 Å². The number of nitro groups is 1. The highest BCUT2D eigenvalue weighted by Crippen LogP contribution is 2.65. The monoisotopic (exact) mass is 758 g/mol. The number of imide groups is 1. The number of non-ortho nitro benzene ring substituents is 1. The molecule has 6 atom stereocenters. The number of Topliss-reactive ketones (excluding diaryl/α,β-unsaturated/α-hetero) is 1. The molecule has 0 bridgehead atoms. The minimum atomic E-state index is -1.53. The molecule has 3 aliphatic carbocycles. The molecule has 52 heavy (non-hydrogen) atoms. The Morgan fingerprint density at radius 2 is 1.58 bits per heavy atom. The summed E-state index contributed by atoms with van der Waals surface area (Å²) in [6.45, 7) is 0. The van der Waals surface area contributed by atoms with E-state index in [0.29, 0.717) is 26.7 Å². The molecular formula is C41H31BrN2O8. The molecule has 4 aromatic carbocycles. The Morgan fingerprint density at radius 3 is 2.23 bits per heavy atom. The predicted octanol–water partition coefficient (Wildman–Crippen LogP) is 7.10. The van der Waals surface area contributed by atoms with Crippen molar-refractivity contribution in [2.75, 3.05) is 12.0 Å². The summed E-state index contributed by atoms with van der Waals surface area (Å²) in [5.74, 6) is -5.77. The second-order valence-electron chi connectivity index (χ2n) is 13.6. The molecule has 4 aliphatic rings. The molecule has 4 aromatic rings. The number of hydrogen-bond acceptors (Lipinski definition) is 8. The Hall–Kier alpha value is -5.68. The number of nitro benzene ring substituents is 1. The van der Waals surface area contributed by atoms with Gasteiger partial charge in [0.1, 0.15) is 0 Å². The minimum absolute atomic E-state index is 0.0894. The van der Waals surface area contributed by atoms with Gasteiger partial charge < -0.3 is 9.84 Å². The van der Waals surface area contributed by atoms with Crippen molar-refractivity contribution in [1.82, 2.24) is 0 Å². The molecule has 1 saturated carbocycles. The lowest BCUT2D eigenvalue weighted by Crippen LogP contribution is -2.58. The number of ketones is 2. The van der Waals surface area contributed by atoms with Crippen LogP contribution < -0.4 is 9.64 Å². The van der Waals surface area contributed by atoms with Gasteiger partial charge in [-0.25, -0.2) is 0 Å². The third kappa shape index (κ3) is 4.82. The van der Waals surface area contributed by atoms with E-state index in [1.165, 1.54) is 37.5 Å². The van der Waals surface area contributed by atoms with Crippen LogP contribution in [-0.2, 0) is 24.6 Å². The maximum absolute atomic E-state index is 15.2. The number of ether oxygens (including phenoxy) is 1. The van der Waals surface area contributed by atoms with Crippen molar-refractivity contribution in [2.24, 2.45) is 23.7 Å². The number of carbonyl (C=O) groups excluding carboxylic acids is 4. The topological polar surface area (TPSA) is 144 Å². The van der Waals surface area contributed by atoms with Gasteiger partial charge in [0, 0.05) is 39.6 Å². The summed E-state index contributed by atoms with van der Waals surface area (Å²) in [4.78, 5) is 70.7. The van der Waals surface area contributed by atoms with Crippen molar-refractivity contribution < 1.29 is 33.9 Å². The van der Waals surface area contributed by atoms with Gasteiger partial charge in [-0.15, -0.1) is 0 Å². The van der Waals surface area contributed by atoms with Crippen molar-refractivity contribution in [1.29, 1.82) is 0 Å². The number of halogens is 1. The van der Waals surface area contributed by atoms with Gasteiger partial charge in [0.25, 0.3) is 5.69 Å². The number of carbonyl (C=O) groups is 4. The fourth-order valence-electron chi connectivity index (χ4n) is 9.17. The van der Waals surface area contributed by atoms with Crippen LogP contribution in [0, 0.1) is 33.8 Å². The van der Waals surface area contributed by atoms with Crippen molar-refractivity contribution in [2.45, 2.75) is 24.2 Å². The first-order valence-corrected chi connectivity index (χ1v) is 17.7. The molecule has 1 aliphatic heterocycles. The first-order valence-electron chi connectivity index (χ1n) is 16.9. The first kappa shape index (κ1) is 33.5. The van der Waals surface area contributed by atoms with Crippen LogP contribution in [0.4, 0.5) is 11.4 Å². The average Bonchev–Trinajstić information content (AvgIpc) is 3.42. The van der Waals surface area contributed by atoms with Gasteiger partial charge in [0.2, 0.25) is 11.8 Å². The van der Waals surface area contributed by atoms with E-state index in [1.54, 1.807) is 36.4 Å². The number of allylic oxidation sites excluding steroid dienone is 4. The number of phenolic OH excluding ortho intramolecular Hbond substituents is 1. The van der Waals surface area contributed by atoms with Crippen LogP contribution in [0.2, 0.25) is 0 Å². The number of anilines is 1. The van der Waals surface area contributed by atoms with Gasteiger partial charge in [-0.05, 0) is 60.2 Å². The fraction of sp³-hybridized carbons (Fsp3) is 0.220. The number of aromatic hydroxyl groups is 1. The maximum atomic E-state index is 15.2. The lowest BCUT2D eigenvalue weighted by molar-refractivity contribution is -0.384. The van der Waals surface area contributed by atoms with Crippen molar-refractivity contribution >= 4 is 56.3 Å². The number of hydrogen-bond donors (Lipinski definition) is 1. The number of rotatable bonds is 6. The van der Waals surface area contributed by atoms with Crippen LogP contribution in [0.5, 0.6) is 11.5 Å². The third-order valence-electron chi connectivity index (χ3n) is 11.3. The quantitative estimate of drug-likeness (QED) is 0.0950. The number of phenols is 1. The average molecular weight is 760 g/mol. The normalized spacial score (nSPS) is 26.6. The molecule has 0 aromatic heterocycles. The molecule has 1 N–H and O–H groups in total. The Kier molecular flexibility index (Phi) is 8.06. The highest BCUT2D eigenvalue weighted by molar-refractivity contribution is 9.10. The molecule has 10 nitrogen and oxygen atoms in total. The summed E-state index contributed by atoms with van der Waals surface area (Å²) in [6, 6.07) is 26.7. The lowest BCUT2D eigenvalue weighted by atomic mass is 9.44. The summed E-state index contributed by atoms with van der Waals surface area (Å²) in [7, 11) is 1.43. The van der Waals surface area contributed by atoms with E-state index >= 15 is 9.59 Å². The van der Waals surface area contributed by atoms with E-state index in [0.717, 1.165) is 4.90 Å². The van der Waals surface area contributed by atoms with Gasteiger partial charge in [0.05, 0.1) is 35.0 Å². The third-order valence-corrected chi connectivity index (χ3v) is 11.8. The number of amides is 2. The van der Waals surface area contributed by atoms with E-state index in [2.05, 4.69) is 15.9 Å². The number of nitrogens with zero attached hydrogens (tertiary/aromatic N) is 2. The van der Waals surface area contributed by atoms with Gasteiger partial charge in [0.15, 0.2) is 23.1 Å². The summed E-state index contributed by atoms with van der Waals surface area (Å²) in [6.07, 6.45) is 3.60. The standard InChI is InChI=1S/C41H31BrN2O8/c1-52-33-19-24(42)18-31(38(33)47)36-27-16-17-28-35(40(49)43(39(28)48)25-12-14-26(15-13-25)44(50)51)30(27)20-32-37(46)29(22-8-4-2-5-9-22)21-34(45)41(32,36)23-10-6-3-7-11-23/h2-16,18-19,21,28,30,32,35-36,47H,17,20H2,1H3/t28-,30+,32-,35-,36+,41-/m0/s1. The highest BCUT2D eigenvalue weighted by atomic mass is 79.9. The summed E-state index contributed by atoms with van der Waals surface area (Å²) in [5, 5.41) is 23.2. The Bertz CT molecular complexity index is 2250. The molecule has 2 amide bonds. The molecule has 0 radical (unpaired) electrons. The summed E-state index contributed by atoms with van der Waals surface area (Å²) in [5.41, 5.74) is 0.978. The predicted molar refractivity (Wildman–Crippen MR) is 195 cm³/mol. The van der Waals surface area contributed by atoms with E-state index in [1.807, 2.05) is 42.5 Å². The van der Waals surface area contributed by atoms with E-state index < -0.39 is 51.7 Å². The van der Waals surface area contributed by atoms with Gasteiger partial charge in [-0.3, -0.25) is 34.2 Å². The van der Waals surface area contributed by atoms with Crippen LogP contribution in [-0.4, -0.2) is 40.5 Å². The first-order chi connectivity index (χ1) is 25.1. The zero-order valence-corrected chi connectivity index (χ0v) is 29.4. The van der Waals surface area contributed by atoms with Crippen LogP contribution in [0.3, 0.4) is 0 Å². The highest BCUT2D eigenvalue weighted by Gasteiger charge is 2.66. The van der Waals surface area contributed by atoms with Crippen LogP contribution in [0.1, 0.15) is 35.4 Å². The van der Waals surface area contributed by atoms with E-state index in [4.69, 9.17) is 4.74 Å². The Balaban J connectivity index is 1.36. The molecule has 8 rings (SSSR count). The molecule has 1 saturated heterocycles. The number of benzene rings is 4. The zero-order valence-electron chi connectivity index (χ0n) is 27.8. The number of fused-ring (bicyclic) bond motifs is 4. The van der Waals surface area contributed by atoms with E-state index in [9.17, 15) is 24.8 Å². The molecular weight excluding hydrogens is 728 g/mol. The Morgan fingerprint density at radius 1 is 0.904 bits per heavy atom. The zero-order chi connectivity index (χ0) is 36.5. The van der Waals surface area contributed by atoms with Gasteiger partial charge in [-0.1, -0.05) is 88.2 Å². The smallest absolute Gasteiger partial charge is 0.269 e. The lowest BCUT2D eigenvalue weighted by Gasteiger charge is -2.55. The largest absolute Gasteiger partial charge is 0.504 e. The second-order valence-corrected chi connectivity index (χ2v) is 14.5. The van der Waals surface area contributed by atoms with Crippen molar-refractivity contribution in [3.8, 4) is 11.5 Å². The van der Waals surface area contributed by atoms with Crippen molar-refractivity contribution in [3.63, 3.8) is 0 Å². The van der Waals surface area contributed by atoms with Crippen LogP contribution in [0.25, 0.3) is 5.57 Å². The molecule has 260 valence electrons. The van der Waals surface area contributed by atoms with Crippen LogP contribution >= 0.6 is 15.9 Å². The van der Waals surface area contributed by atoms with Gasteiger partial charge >= 0.3 is 0 Å². The second kappa shape index (κ2) is 12.5. The Labute approximate surface area is 306 Å². The maximum Gasteiger partial charge on any atom is 0.269 e. The van der Waals surface area contributed by atoms with Crippen LogP contribution in [0.15, 0.2) is 119 Å².